The zero-order valence-electron chi connectivity index (χ0n) is 11.8. The van der Waals surface area contributed by atoms with Crippen LogP contribution in [0.5, 0.6) is 0 Å². The van der Waals surface area contributed by atoms with E-state index in [1.54, 1.807) is 5.57 Å². The topological polar surface area (TPSA) is 0 Å². The molecule has 0 bridgehead atoms. The van der Waals surface area contributed by atoms with Crippen LogP contribution in [0.4, 0.5) is 0 Å². The molecule has 0 amide bonds. The Morgan fingerprint density at radius 1 is 1.11 bits per heavy atom. The summed E-state index contributed by atoms with van der Waals surface area (Å²) in [5.41, 5.74) is 4.76. The summed E-state index contributed by atoms with van der Waals surface area (Å²) in [4.78, 5) is 0. The van der Waals surface area contributed by atoms with Crippen LogP contribution in [0.3, 0.4) is 0 Å². The maximum absolute atomic E-state index is 2.47. The molecule has 0 N–H and O–H groups in total. The first-order valence-electron chi connectivity index (χ1n) is 7.01. The van der Waals surface area contributed by atoms with Crippen molar-refractivity contribution in [3.63, 3.8) is 0 Å². The molecule has 0 heteroatoms. The second-order valence-corrected chi connectivity index (χ2v) is 6.25. The van der Waals surface area contributed by atoms with Crippen LogP contribution in [0.15, 0.2) is 42.0 Å². The Morgan fingerprint density at radius 2 is 1.83 bits per heavy atom. The Balaban J connectivity index is 2.08. The Hall–Kier alpha value is -1.30. The van der Waals surface area contributed by atoms with E-state index in [0.717, 1.165) is 0 Å². The van der Waals surface area contributed by atoms with Gasteiger partial charge in [0, 0.05) is 11.3 Å². The van der Waals surface area contributed by atoms with Crippen LogP contribution >= 0.6 is 0 Å². The van der Waals surface area contributed by atoms with Crippen LogP contribution in [0.2, 0.25) is 0 Å². The summed E-state index contributed by atoms with van der Waals surface area (Å²) >= 11 is 0. The predicted molar refractivity (Wildman–Crippen MR) is 78.4 cm³/mol. The maximum atomic E-state index is 2.47. The Bertz CT molecular complexity index is 535. The van der Waals surface area contributed by atoms with Crippen molar-refractivity contribution in [3.05, 3.63) is 53.1 Å². The Kier molecular flexibility index (Phi) is 2.52. The molecule has 1 aromatic carbocycles. The number of hydrogen-bond acceptors (Lipinski definition) is 0. The first-order chi connectivity index (χ1) is 8.55. The third-order valence-corrected chi connectivity index (χ3v) is 5.54. The molecule has 0 nitrogen and oxygen atoms in total. The van der Waals surface area contributed by atoms with E-state index in [0.29, 0.717) is 17.8 Å². The summed E-state index contributed by atoms with van der Waals surface area (Å²) in [6.45, 7) is 9.52. The van der Waals surface area contributed by atoms with Gasteiger partial charge in [0.2, 0.25) is 0 Å². The van der Waals surface area contributed by atoms with Crippen LogP contribution in [0.25, 0.3) is 6.08 Å². The van der Waals surface area contributed by atoms with Crippen LogP contribution < -0.4 is 0 Å². The van der Waals surface area contributed by atoms with E-state index in [-0.39, 0.29) is 5.41 Å². The number of fused-ring (bicyclic) bond motifs is 1. The van der Waals surface area contributed by atoms with Crippen LogP contribution in [-0.2, 0) is 0 Å². The minimum atomic E-state index is 0.280. The molecule has 0 fully saturated rings. The van der Waals surface area contributed by atoms with E-state index in [1.165, 1.54) is 11.1 Å². The van der Waals surface area contributed by atoms with Crippen molar-refractivity contribution in [2.24, 2.45) is 17.3 Å². The largest absolute Gasteiger partial charge is 0.0819 e. The zero-order chi connectivity index (χ0) is 12.9. The number of benzene rings is 1. The van der Waals surface area contributed by atoms with E-state index in [9.17, 15) is 0 Å². The number of hydrogen-bond donors (Lipinski definition) is 0. The molecule has 4 atom stereocenters. The first kappa shape index (κ1) is 11.8. The summed E-state index contributed by atoms with van der Waals surface area (Å²) in [5, 5.41) is 0. The highest BCUT2D eigenvalue weighted by molar-refractivity contribution is 5.63. The molecule has 2 aliphatic rings. The van der Waals surface area contributed by atoms with Crippen LogP contribution in [0.1, 0.15) is 44.7 Å². The highest BCUT2D eigenvalue weighted by atomic mass is 14.5. The van der Waals surface area contributed by atoms with Gasteiger partial charge in [-0.3, -0.25) is 0 Å². The van der Waals surface area contributed by atoms with Gasteiger partial charge in [-0.1, -0.05) is 68.8 Å². The van der Waals surface area contributed by atoms with Gasteiger partial charge in [-0.05, 0) is 29.9 Å². The van der Waals surface area contributed by atoms with E-state index in [4.69, 9.17) is 0 Å². The van der Waals surface area contributed by atoms with Gasteiger partial charge in [0.15, 0.2) is 0 Å². The van der Waals surface area contributed by atoms with Crippen molar-refractivity contribution in [2.75, 3.05) is 0 Å². The summed E-state index contributed by atoms with van der Waals surface area (Å²) in [6.07, 6.45) is 7.18. The minimum Gasteiger partial charge on any atom is -0.0819 e. The van der Waals surface area contributed by atoms with Crippen molar-refractivity contribution < 1.29 is 0 Å². The fourth-order valence-electron chi connectivity index (χ4n) is 3.92. The first-order valence-corrected chi connectivity index (χ1v) is 7.01. The molecule has 2 aliphatic carbocycles. The molecule has 0 saturated heterocycles. The van der Waals surface area contributed by atoms with E-state index >= 15 is 0 Å². The molecule has 0 aliphatic heterocycles. The SMILES string of the molecule is CC1=CC(C)C(C)C1(C)C1C=Cc2ccccc21. The molecule has 1 aromatic rings. The Morgan fingerprint density at radius 3 is 2.50 bits per heavy atom. The average Bonchev–Trinajstić information content (AvgIpc) is 2.87. The van der Waals surface area contributed by atoms with Crippen molar-refractivity contribution in [3.8, 4) is 0 Å². The lowest BCUT2D eigenvalue weighted by atomic mass is 9.64. The Labute approximate surface area is 110 Å². The third-order valence-electron chi connectivity index (χ3n) is 5.54. The van der Waals surface area contributed by atoms with Crippen molar-refractivity contribution in [1.29, 1.82) is 0 Å². The molecule has 18 heavy (non-hydrogen) atoms. The van der Waals surface area contributed by atoms with E-state index < -0.39 is 0 Å². The highest BCUT2D eigenvalue weighted by Gasteiger charge is 2.46. The fourth-order valence-corrected chi connectivity index (χ4v) is 3.92. The molecule has 0 heterocycles. The minimum absolute atomic E-state index is 0.280. The molecular weight excluding hydrogens is 216 g/mol. The lowest BCUT2D eigenvalue weighted by Gasteiger charge is -2.39. The molecule has 4 unspecified atom stereocenters. The van der Waals surface area contributed by atoms with Gasteiger partial charge in [0.25, 0.3) is 0 Å². The monoisotopic (exact) mass is 238 g/mol. The summed E-state index contributed by atoms with van der Waals surface area (Å²) in [5.74, 6) is 1.94. The van der Waals surface area contributed by atoms with Crippen molar-refractivity contribution >= 4 is 6.08 Å². The second-order valence-electron chi connectivity index (χ2n) is 6.25. The van der Waals surface area contributed by atoms with Crippen molar-refractivity contribution in [2.45, 2.75) is 33.6 Å². The maximum Gasteiger partial charge on any atom is 0.0121 e. The predicted octanol–water partition coefficient (Wildman–Crippen LogP) is 5.04. The van der Waals surface area contributed by atoms with E-state index in [1.807, 2.05) is 0 Å². The van der Waals surface area contributed by atoms with Gasteiger partial charge in [-0.25, -0.2) is 0 Å². The molecule has 0 aromatic heterocycles. The lowest BCUT2D eigenvalue weighted by Crippen LogP contribution is -2.31. The van der Waals surface area contributed by atoms with Crippen LogP contribution in [-0.4, -0.2) is 0 Å². The number of rotatable bonds is 1. The standard InChI is InChI=1S/C18H22/c1-12-11-13(2)18(4,14(12)3)17-10-9-15-7-5-6-8-16(15)17/h5-12,14,17H,1-4H3. The van der Waals surface area contributed by atoms with Gasteiger partial charge < -0.3 is 0 Å². The summed E-state index contributed by atoms with van der Waals surface area (Å²) in [7, 11) is 0. The summed E-state index contributed by atoms with van der Waals surface area (Å²) in [6, 6.07) is 8.84. The third kappa shape index (κ3) is 1.38. The molecule has 94 valence electrons. The lowest BCUT2D eigenvalue weighted by molar-refractivity contribution is 0.218. The smallest absolute Gasteiger partial charge is 0.0121 e. The molecule has 0 radical (unpaired) electrons. The van der Waals surface area contributed by atoms with Gasteiger partial charge in [0.05, 0.1) is 0 Å². The molecular formula is C18H22. The van der Waals surface area contributed by atoms with Gasteiger partial charge in [0.1, 0.15) is 0 Å². The van der Waals surface area contributed by atoms with Crippen molar-refractivity contribution in [1.82, 2.24) is 0 Å². The second kappa shape index (κ2) is 3.85. The van der Waals surface area contributed by atoms with Gasteiger partial charge in [-0.15, -0.1) is 0 Å². The highest BCUT2D eigenvalue weighted by Crippen LogP contribution is 2.57. The van der Waals surface area contributed by atoms with Gasteiger partial charge >= 0.3 is 0 Å². The average molecular weight is 238 g/mol. The van der Waals surface area contributed by atoms with E-state index in [2.05, 4.69) is 70.2 Å². The van der Waals surface area contributed by atoms with Crippen LogP contribution in [0, 0.1) is 17.3 Å². The van der Waals surface area contributed by atoms with Gasteiger partial charge in [-0.2, -0.15) is 0 Å². The molecule has 3 rings (SSSR count). The molecule has 0 saturated carbocycles. The fraction of sp³-hybridized carbons (Fsp3) is 0.444. The zero-order valence-corrected chi connectivity index (χ0v) is 11.8. The quantitative estimate of drug-likeness (QED) is 0.602. The normalized spacial score (nSPS) is 37.8. The summed E-state index contributed by atoms with van der Waals surface area (Å²) < 4.78 is 0. The number of allylic oxidation sites excluding steroid dienone is 3. The molecule has 0 spiro atoms.